The van der Waals surface area contributed by atoms with Crippen LogP contribution in [-0.4, -0.2) is 54.7 Å². The first kappa shape index (κ1) is 17.5. The number of hydrogen-bond acceptors (Lipinski definition) is 3. The SMILES string of the molecule is C[C@@H]1CN(CC2CCC2c2ccc(CN3CCCC3)cc2)C[C@H](C)O1. The average molecular weight is 343 g/mol. The first-order valence-electron chi connectivity index (χ1n) is 10.4. The van der Waals surface area contributed by atoms with Gasteiger partial charge in [0.25, 0.3) is 0 Å². The third-order valence-corrected chi connectivity index (χ3v) is 6.42. The van der Waals surface area contributed by atoms with Crippen molar-refractivity contribution < 1.29 is 4.74 Å². The molecule has 1 aromatic carbocycles. The lowest BCUT2D eigenvalue weighted by molar-refractivity contribution is -0.0752. The Morgan fingerprint density at radius 3 is 2.20 bits per heavy atom. The van der Waals surface area contributed by atoms with Gasteiger partial charge in [-0.15, -0.1) is 0 Å². The molecule has 0 aromatic heterocycles. The van der Waals surface area contributed by atoms with Crippen LogP contribution in [0.15, 0.2) is 24.3 Å². The Bertz CT molecular complexity index is 542. The maximum atomic E-state index is 5.88. The van der Waals surface area contributed by atoms with Crippen LogP contribution in [0.3, 0.4) is 0 Å². The molecule has 0 amide bonds. The molecule has 0 radical (unpaired) electrons. The molecular formula is C22H34N2O. The molecule has 2 saturated heterocycles. The summed E-state index contributed by atoms with van der Waals surface area (Å²) in [4.78, 5) is 5.22. The molecule has 3 fully saturated rings. The van der Waals surface area contributed by atoms with E-state index in [9.17, 15) is 0 Å². The van der Waals surface area contributed by atoms with Crippen LogP contribution >= 0.6 is 0 Å². The molecule has 2 heterocycles. The molecule has 1 aromatic rings. The molecule has 1 saturated carbocycles. The van der Waals surface area contributed by atoms with E-state index < -0.39 is 0 Å². The molecular weight excluding hydrogens is 308 g/mol. The second-order valence-corrected chi connectivity index (χ2v) is 8.64. The maximum absolute atomic E-state index is 5.88. The summed E-state index contributed by atoms with van der Waals surface area (Å²) in [5.74, 6) is 1.61. The van der Waals surface area contributed by atoms with E-state index in [-0.39, 0.29) is 0 Å². The van der Waals surface area contributed by atoms with Gasteiger partial charge in [-0.25, -0.2) is 0 Å². The van der Waals surface area contributed by atoms with E-state index in [1.807, 2.05) is 0 Å². The summed E-state index contributed by atoms with van der Waals surface area (Å²) in [7, 11) is 0. The summed E-state index contributed by atoms with van der Waals surface area (Å²) >= 11 is 0. The fourth-order valence-electron chi connectivity index (χ4n) is 5.06. The molecule has 3 heteroatoms. The van der Waals surface area contributed by atoms with Crippen molar-refractivity contribution in [1.82, 2.24) is 9.80 Å². The van der Waals surface area contributed by atoms with E-state index in [0.29, 0.717) is 12.2 Å². The summed E-state index contributed by atoms with van der Waals surface area (Å²) in [5.41, 5.74) is 3.05. The fourth-order valence-corrected chi connectivity index (χ4v) is 5.06. The molecule has 0 bridgehead atoms. The van der Waals surface area contributed by atoms with Crippen molar-refractivity contribution in [3.05, 3.63) is 35.4 Å². The Morgan fingerprint density at radius 1 is 0.920 bits per heavy atom. The third-order valence-electron chi connectivity index (χ3n) is 6.42. The van der Waals surface area contributed by atoms with Gasteiger partial charge in [-0.05, 0) is 75.6 Å². The zero-order chi connectivity index (χ0) is 17.2. The van der Waals surface area contributed by atoms with Gasteiger partial charge in [-0.1, -0.05) is 24.3 Å². The molecule has 25 heavy (non-hydrogen) atoms. The Hall–Kier alpha value is -0.900. The standard InChI is InChI=1S/C22H34N2O/c1-17-13-24(14-18(2)25-17)16-21-9-10-22(21)20-7-5-19(6-8-20)15-23-11-3-4-12-23/h5-8,17-18,21-22H,3-4,9-16H2,1-2H3/t17-,18+,21?,22?. The Morgan fingerprint density at radius 2 is 1.60 bits per heavy atom. The number of likely N-dealkylation sites (tertiary alicyclic amines) is 1. The van der Waals surface area contributed by atoms with Gasteiger partial charge in [-0.3, -0.25) is 9.80 Å². The van der Waals surface area contributed by atoms with Crippen molar-refractivity contribution in [3.8, 4) is 0 Å². The maximum Gasteiger partial charge on any atom is 0.0678 e. The lowest BCUT2D eigenvalue weighted by Crippen LogP contribution is -2.48. The van der Waals surface area contributed by atoms with E-state index in [2.05, 4.69) is 47.9 Å². The van der Waals surface area contributed by atoms with Crippen LogP contribution in [0.25, 0.3) is 0 Å². The minimum atomic E-state index is 0.382. The predicted octanol–water partition coefficient (Wildman–Crippen LogP) is 3.89. The molecule has 2 unspecified atom stereocenters. The molecule has 3 nitrogen and oxygen atoms in total. The smallest absolute Gasteiger partial charge is 0.0678 e. The zero-order valence-electron chi connectivity index (χ0n) is 16.0. The molecule has 3 aliphatic rings. The third kappa shape index (κ3) is 4.27. The average Bonchev–Trinajstić information content (AvgIpc) is 3.06. The lowest BCUT2D eigenvalue weighted by Gasteiger charge is -2.43. The number of ether oxygens (including phenoxy) is 1. The van der Waals surface area contributed by atoms with Crippen LogP contribution < -0.4 is 0 Å². The number of nitrogens with zero attached hydrogens (tertiary/aromatic N) is 2. The van der Waals surface area contributed by atoms with Gasteiger partial charge in [0.15, 0.2) is 0 Å². The normalized spacial score (nSPS) is 34.2. The molecule has 0 N–H and O–H groups in total. The summed E-state index contributed by atoms with van der Waals surface area (Å²) in [6, 6.07) is 9.57. The first-order chi connectivity index (χ1) is 12.2. The Balaban J connectivity index is 1.32. The minimum Gasteiger partial charge on any atom is -0.373 e. The number of benzene rings is 1. The van der Waals surface area contributed by atoms with Gasteiger partial charge in [-0.2, -0.15) is 0 Å². The van der Waals surface area contributed by atoms with Crippen LogP contribution in [0.1, 0.15) is 56.6 Å². The van der Waals surface area contributed by atoms with E-state index in [0.717, 1.165) is 31.5 Å². The fraction of sp³-hybridized carbons (Fsp3) is 0.727. The van der Waals surface area contributed by atoms with Crippen molar-refractivity contribution in [3.63, 3.8) is 0 Å². The molecule has 138 valence electrons. The summed E-state index contributed by atoms with van der Waals surface area (Å²) in [6.07, 6.45) is 6.27. The van der Waals surface area contributed by atoms with Crippen molar-refractivity contribution in [2.24, 2.45) is 5.92 Å². The number of morpholine rings is 1. The highest BCUT2D eigenvalue weighted by Crippen LogP contribution is 2.43. The highest BCUT2D eigenvalue weighted by atomic mass is 16.5. The topological polar surface area (TPSA) is 15.7 Å². The molecule has 2 aliphatic heterocycles. The zero-order valence-corrected chi connectivity index (χ0v) is 16.0. The largest absolute Gasteiger partial charge is 0.373 e. The Labute approximate surface area is 153 Å². The molecule has 4 rings (SSSR count). The van der Waals surface area contributed by atoms with Gasteiger partial charge in [0.1, 0.15) is 0 Å². The second kappa shape index (κ2) is 7.77. The second-order valence-electron chi connectivity index (χ2n) is 8.64. The molecule has 0 spiro atoms. The van der Waals surface area contributed by atoms with E-state index in [4.69, 9.17) is 4.74 Å². The Kier molecular flexibility index (Phi) is 5.44. The molecule has 4 atom stereocenters. The van der Waals surface area contributed by atoms with Gasteiger partial charge < -0.3 is 4.74 Å². The number of hydrogen-bond donors (Lipinski definition) is 0. The first-order valence-corrected chi connectivity index (χ1v) is 10.4. The van der Waals surface area contributed by atoms with Crippen molar-refractivity contribution in [1.29, 1.82) is 0 Å². The lowest BCUT2D eigenvalue weighted by atomic mass is 9.69. The van der Waals surface area contributed by atoms with Gasteiger partial charge >= 0.3 is 0 Å². The van der Waals surface area contributed by atoms with Crippen LogP contribution in [0.2, 0.25) is 0 Å². The molecule has 1 aliphatic carbocycles. The van der Waals surface area contributed by atoms with Crippen LogP contribution in [0.5, 0.6) is 0 Å². The highest BCUT2D eigenvalue weighted by molar-refractivity contribution is 5.27. The van der Waals surface area contributed by atoms with E-state index >= 15 is 0 Å². The van der Waals surface area contributed by atoms with Crippen molar-refractivity contribution >= 4 is 0 Å². The van der Waals surface area contributed by atoms with Gasteiger partial charge in [0.2, 0.25) is 0 Å². The summed E-state index contributed by atoms with van der Waals surface area (Å²) < 4.78 is 5.88. The summed E-state index contributed by atoms with van der Waals surface area (Å²) in [6.45, 7) is 11.6. The van der Waals surface area contributed by atoms with Crippen LogP contribution in [0.4, 0.5) is 0 Å². The number of rotatable bonds is 5. The minimum absolute atomic E-state index is 0.382. The van der Waals surface area contributed by atoms with Crippen LogP contribution in [-0.2, 0) is 11.3 Å². The van der Waals surface area contributed by atoms with Crippen LogP contribution in [0, 0.1) is 5.92 Å². The predicted molar refractivity (Wildman–Crippen MR) is 103 cm³/mol. The van der Waals surface area contributed by atoms with Crippen molar-refractivity contribution in [2.75, 3.05) is 32.7 Å². The quantitative estimate of drug-likeness (QED) is 0.807. The monoisotopic (exact) mass is 342 g/mol. The van der Waals surface area contributed by atoms with E-state index in [1.54, 1.807) is 5.56 Å². The van der Waals surface area contributed by atoms with Crippen molar-refractivity contribution in [2.45, 2.75) is 64.2 Å². The summed E-state index contributed by atoms with van der Waals surface area (Å²) in [5, 5.41) is 0. The van der Waals surface area contributed by atoms with Gasteiger partial charge in [0.05, 0.1) is 12.2 Å². The van der Waals surface area contributed by atoms with E-state index in [1.165, 1.54) is 50.9 Å². The highest BCUT2D eigenvalue weighted by Gasteiger charge is 2.34. The van der Waals surface area contributed by atoms with Gasteiger partial charge in [0, 0.05) is 26.2 Å².